The van der Waals surface area contributed by atoms with Crippen LogP contribution in [-0.2, 0) is 6.42 Å². The second-order valence-corrected chi connectivity index (χ2v) is 5.45. The molecule has 0 bridgehead atoms. The number of hydrogen-bond donors (Lipinski definition) is 1. The van der Waals surface area contributed by atoms with Gasteiger partial charge in [-0.15, -0.1) is 0 Å². The van der Waals surface area contributed by atoms with Gasteiger partial charge < -0.3 is 10.1 Å². The van der Waals surface area contributed by atoms with Crippen LogP contribution in [0.5, 0.6) is 5.75 Å². The molecule has 1 saturated carbocycles. The second kappa shape index (κ2) is 6.79. The molecule has 100 valence electrons. The van der Waals surface area contributed by atoms with E-state index in [0.717, 1.165) is 24.7 Å². The molecule has 1 aliphatic rings. The van der Waals surface area contributed by atoms with Crippen molar-refractivity contribution in [1.29, 1.82) is 0 Å². The predicted octanol–water partition coefficient (Wildman–Crippen LogP) is 3.41. The molecule has 2 heteroatoms. The number of nitrogens with one attached hydrogen (secondary N) is 1. The summed E-state index contributed by atoms with van der Waals surface area (Å²) in [4.78, 5) is 0. The van der Waals surface area contributed by atoms with Crippen molar-refractivity contribution >= 4 is 0 Å². The maximum atomic E-state index is 5.75. The molecule has 1 aromatic rings. The zero-order valence-corrected chi connectivity index (χ0v) is 11.6. The van der Waals surface area contributed by atoms with Gasteiger partial charge in [0.25, 0.3) is 0 Å². The van der Waals surface area contributed by atoms with E-state index in [4.69, 9.17) is 4.74 Å². The van der Waals surface area contributed by atoms with E-state index in [2.05, 4.69) is 36.5 Å². The highest BCUT2D eigenvalue weighted by Crippen LogP contribution is 2.32. The molecule has 0 spiro atoms. The third-order valence-corrected chi connectivity index (χ3v) is 3.77. The summed E-state index contributed by atoms with van der Waals surface area (Å²) < 4.78 is 5.75. The van der Waals surface area contributed by atoms with Crippen LogP contribution in [0.2, 0.25) is 0 Å². The van der Waals surface area contributed by atoms with E-state index in [9.17, 15) is 0 Å². The van der Waals surface area contributed by atoms with Gasteiger partial charge in [-0.2, -0.15) is 0 Å². The first-order valence-corrected chi connectivity index (χ1v) is 7.17. The van der Waals surface area contributed by atoms with Gasteiger partial charge in [-0.25, -0.2) is 0 Å². The quantitative estimate of drug-likeness (QED) is 0.760. The van der Waals surface area contributed by atoms with Crippen LogP contribution < -0.4 is 10.1 Å². The molecular weight excluding hydrogens is 222 g/mol. The minimum absolute atomic E-state index is 0.583. The lowest BCUT2D eigenvalue weighted by Crippen LogP contribution is -2.21. The SMILES string of the molecule is CNC(C)CCc1ccc(OCCC2CC2)cc1. The second-order valence-electron chi connectivity index (χ2n) is 5.45. The van der Waals surface area contributed by atoms with E-state index < -0.39 is 0 Å². The fraction of sp³-hybridized carbons (Fsp3) is 0.625. The highest BCUT2D eigenvalue weighted by atomic mass is 16.5. The Morgan fingerprint density at radius 3 is 2.61 bits per heavy atom. The van der Waals surface area contributed by atoms with E-state index in [1.165, 1.54) is 31.2 Å². The normalized spacial score (nSPS) is 16.6. The number of rotatable bonds is 8. The molecule has 2 rings (SSSR count). The molecule has 0 aromatic heterocycles. The Bertz CT molecular complexity index is 343. The molecule has 1 N–H and O–H groups in total. The lowest BCUT2D eigenvalue weighted by atomic mass is 10.1. The molecule has 2 nitrogen and oxygen atoms in total. The average Bonchev–Trinajstić information content (AvgIpc) is 3.21. The first-order valence-electron chi connectivity index (χ1n) is 7.17. The number of benzene rings is 1. The molecule has 0 amide bonds. The van der Waals surface area contributed by atoms with Crippen molar-refractivity contribution in [2.24, 2.45) is 5.92 Å². The monoisotopic (exact) mass is 247 g/mol. The molecule has 1 fully saturated rings. The van der Waals surface area contributed by atoms with E-state index in [1.54, 1.807) is 0 Å². The van der Waals surface area contributed by atoms with Gasteiger partial charge in [0, 0.05) is 6.04 Å². The largest absolute Gasteiger partial charge is 0.494 e. The molecule has 1 unspecified atom stereocenters. The summed E-state index contributed by atoms with van der Waals surface area (Å²) in [5, 5.41) is 3.27. The minimum atomic E-state index is 0.583. The Morgan fingerprint density at radius 1 is 1.28 bits per heavy atom. The fourth-order valence-corrected chi connectivity index (χ4v) is 2.03. The van der Waals surface area contributed by atoms with Crippen LogP contribution in [0.1, 0.15) is 38.2 Å². The van der Waals surface area contributed by atoms with E-state index in [0.29, 0.717) is 6.04 Å². The van der Waals surface area contributed by atoms with Crippen molar-refractivity contribution in [3.63, 3.8) is 0 Å². The fourth-order valence-electron chi connectivity index (χ4n) is 2.03. The molecule has 0 radical (unpaired) electrons. The number of ether oxygens (including phenoxy) is 1. The van der Waals surface area contributed by atoms with Gasteiger partial charge in [0.05, 0.1) is 6.61 Å². The number of aryl methyl sites for hydroxylation is 1. The Hall–Kier alpha value is -1.02. The molecule has 18 heavy (non-hydrogen) atoms. The smallest absolute Gasteiger partial charge is 0.119 e. The Kier molecular flexibility index (Phi) is 5.06. The van der Waals surface area contributed by atoms with Crippen LogP contribution in [0.4, 0.5) is 0 Å². The van der Waals surface area contributed by atoms with E-state index in [1.807, 2.05) is 7.05 Å². The van der Waals surface area contributed by atoms with Crippen molar-refractivity contribution in [1.82, 2.24) is 5.32 Å². The van der Waals surface area contributed by atoms with Crippen molar-refractivity contribution < 1.29 is 4.74 Å². The van der Waals surface area contributed by atoms with Gasteiger partial charge in [0.1, 0.15) is 5.75 Å². The summed E-state index contributed by atoms with van der Waals surface area (Å²) in [5.74, 6) is 1.97. The van der Waals surface area contributed by atoms with Crippen LogP contribution in [-0.4, -0.2) is 19.7 Å². The van der Waals surface area contributed by atoms with Crippen molar-refractivity contribution in [3.05, 3.63) is 29.8 Å². The zero-order valence-electron chi connectivity index (χ0n) is 11.6. The molecule has 0 aliphatic heterocycles. The first kappa shape index (κ1) is 13.4. The highest BCUT2D eigenvalue weighted by Gasteiger charge is 2.20. The lowest BCUT2D eigenvalue weighted by molar-refractivity contribution is 0.302. The van der Waals surface area contributed by atoms with E-state index in [-0.39, 0.29) is 0 Å². The minimum Gasteiger partial charge on any atom is -0.494 e. The molecule has 1 atom stereocenters. The summed E-state index contributed by atoms with van der Waals surface area (Å²) in [6, 6.07) is 9.17. The van der Waals surface area contributed by atoms with Gasteiger partial charge in [-0.1, -0.05) is 25.0 Å². The summed E-state index contributed by atoms with van der Waals surface area (Å²) in [6.45, 7) is 3.09. The van der Waals surface area contributed by atoms with Gasteiger partial charge in [-0.3, -0.25) is 0 Å². The van der Waals surface area contributed by atoms with Crippen LogP contribution in [0.3, 0.4) is 0 Å². The van der Waals surface area contributed by atoms with Gasteiger partial charge in [-0.05, 0) is 56.8 Å². The van der Waals surface area contributed by atoms with Gasteiger partial charge >= 0.3 is 0 Å². The van der Waals surface area contributed by atoms with E-state index >= 15 is 0 Å². The highest BCUT2D eigenvalue weighted by molar-refractivity contribution is 5.27. The molecule has 0 heterocycles. The zero-order chi connectivity index (χ0) is 12.8. The summed E-state index contributed by atoms with van der Waals surface area (Å²) in [7, 11) is 2.02. The predicted molar refractivity (Wildman–Crippen MR) is 76.1 cm³/mol. The molecule has 0 saturated heterocycles. The molecular formula is C16H25NO. The number of hydrogen-bond acceptors (Lipinski definition) is 2. The lowest BCUT2D eigenvalue weighted by Gasteiger charge is -2.10. The topological polar surface area (TPSA) is 21.3 Å². The summed E-state index contributed by atoms with van der Waals surface area (Å²) in [5.41, 5.74) is 1.40. The first-order chi connectivity index (χ1) is 8.78. The Labute approximate surface area is 111 Å². The Balaban J connectivity index is 1.70. The van der Waals surface area contributed by atoms with Crippen LogP contribution >= 0.6 is 0 Å². The maximum Gasteiger partial charge on any atom is 0.119 e. The summed E-state index contributed by atoms with van der Waals surface area (Å²) in [6.07, 6.45) is 6.35. The third-order valence-electron chi connectivity index (χ3n) is 3.77. The summed E-state index contributed by atoms with van der Waals surface area (Å²) >= 11 is 0. The maximum absolute atomic E-state index is 5.75. The van der Waals surface area contributed by atoms with Crippen LogP contribution in [0.25, 0.3) is 0 Å². The van der Waals surface area contributed by atoms with Crippen LogP contribution in [0, 0.1) is 5.92 Å². The van der Waals surface area contributed by atoms with Crippen molar-refractivity contribution in [2.45, 2.75) is 45.1 Å². The molecule has 1 aliphatic carbocycles. The van der Waals surface area contributed by atoms with Crippen molar-refractivity contribution in [2.75, 3.05) is 13.7 Å². The van der Waals surface area contributed by atoms with Crippen molar-refractivity contribution in [3.8, 4) is 5.75 Å². The van der Waals surface area contributed by atoms with Gasteiger partial charge in [0.2, 0.25) is 0 Å². The van der Waals surface area contributed by atoms with Gasteiger partial charge in [0.15, 0.2) is 0 Å². The molecule has 1 aromatic carbocycles. The standard InChI is InChI=1S/C16H25NO/c1-13(17-2)3-4-14-7-9-16(10-8-14)18-12-11-15-5-6-15/h7-10,13,15,17H,3-6,11-12H2,1-2H3. The average molecular weight is 247 g/mol. The third kappa shape index (κ3) is 4.69. The Morgan fingerprint density at radius 2 is 2.00 bits per heavy atom. The van der Waals surface area contributed by atoms with Crippen LogP contribution in [0.15, 0.2) is 24.3 Å².